The van der Waals surface area contributed by atoms with Crippen LogP contribution in [0, 0.1) is 13.8 Å². The predicted octanol–water partition coefficient (Wildman–Crippen LogP) is 4.58. The maximum Gasteiger partial charge on any atom is 0.0123 e. The van der Waals surface area contributed by atoms with Gasteiger partial charge in [0.05, 0.1) is 0 Å². The molecule has 0 spiro atoms. The quantitative estimate of drug-likeness (QED) is 0.693. The summed E-state index contributed by atoms with van der Waals surface area (Å²) in [4.78, 5) is 0.596. The third-order valence-electron chi connectivity index (χ3n) is 2.49. The standard InChI is InChI=1S/C13H19Br/c1-9-5-10(2)7-13(6-9)11(3)8-12(4)14/h5-7,11-12H,8H2,1-4H3. The first-order valence-electron chi connectivity index (χ1n) is 5.21. The van der Waals surface area contributed by atoms with Crippen LogP contribution in [-0.2, 0) is 0 Å². The molecule has 0 aromatic heterocycles. The van der Waals surface area contributed by atoms with Gasteiger partial charge in [-0.05, 0) is 31.7 Å². The van der Waals surface area contributed by atoms with Crippen molar-refractivity contribution in [2.24, 2.45) is 0 Å². The minimum Gasteiger partial charge on any atom is -0.0893 e. The number of rotatable bonds is 3. The monoisotopic (exact) mass is 254 g/mol. The average molecular weight is 255 g/mol. The van der Waals surface area contributed by atoms with E-state index in [9.17, 15) is 0 Å². The summed E-state index contributed by atoms with van der Waals surface area (Å²) in [6, 6.07) is 6.83. The van der Waals surface area contributed by atoms with Gasteiger partial charge in [0, 0.05) is 4.83 Å². The fraction of sp³-hybridized carbons (Fsp3) is 0.538. The molecule has 0 N–H and O–H groups in total. The predicted molar refractivity (Wildman–Crippen MR) is 67.3 cm³/mol. The summed E-state index contributed by atoms with van der Waals surface area (Å²) in [5.41, 5.74) is 4.21. The first-order valence-corrected chi connectivity index (χ1v) is 6.13. The van der Waals surface area contributed by atoms with Gasteiger partial charge in [-0.15, -0.1) is 0 Å². The minimum absolute atomic E-state index is 0.596. The smallest absolute Gasteiger partial charge is 0.0123 e. The summed E-state index contributed by atoms with van der Waals surface area (Å²) in [5.74, 6) is 0.642. The molecule has 2 atom stereocenters. The Morgan fingerprint density at radius 3 is 2.00 bits per heavy atom. The van der Waals surface area contributed by atoms with Crippen LogP contribution < -0.4 is 0 Å². The lowest BCUT2D eigenvalue weighted by Gasteiger charge is -2.14. The van der Waals surface area contributed by atoms with Gasteiger partial charge in [-0.3, -0.25) is 0 Å². The molecule has 0 heterocycles. The SMILES string of the molecule is Cc1cc(C)cc(C(C)CC(C)Br)c1. The second kappa shape index (κ2) is 4.97. The second-order valence-corrected chi connectivity index (χ2v) is 5.90. The van der Waals surface area contributed by atoms with Crippen molar-refractivity contribution in [3.63, 3.8) is 0 Å². The first kappa shape index (κ1) is 11.8. The average Bonchev–Trinajstić information content (AvgIpc) is 2.00. The highest BCUT2D eigenvalue weighted by Crippen LogP contribution is 2.25. The Kier molecular flexibility index (Phi) is 4.18. The Bertz CT molecular complexity index is 282. The van der Waals surface area contributed by atoms with E-state index in [1.54, 1.807) is 0 Å². The van der Waals surface area contributed by atoms with E-state index in [-0.39, 0.29) is 0 Å². The van der Waals surface area contributed by atoms with Crippen molar-refractivity contribution in [3.8, 4) is 0 Å². The number of aryl methyl sites for hydroxylation is 2. The second-order valence-electron chi connectivity index (χ2n) is 4.34. The van der Waals surface area contributed by atoms with E-state index in [1.165, 1.54) is 23.1 Å². The molecule has 0 aliphatic heterocycles. The largest absolute Gasteiger partial charge is 0.0893 e. The topological polar surface area (TPSA) is 0 Å². The van der Waals surface area contributed by atoms with Gasteiger partial charge in [0.25, 0.3) is 0 Å². The molecule has 1 aromatic rings. The maximum absolute atomic E-state index is 3.61. The van der Waals surface area contributed by atoms with E-state index >= 15 is 0 Å². The van der Waals surface area contributed by atoms with E-state index in [0.29, 0.717) is 10.7 Å². The molecule has 2 unspecified atom stereocenters. The number of hydrogen-bond acceptors (Lipinski definition) is 0. The van der Waals surface area contributed by atoms with Crippen molar-refractivity contribution in [1.29, 1.82) is 0 Å². The van der Waals surface area contributed by atoms with E-state index in [2.05, 4.69) is 61.8 Å². The van der Waals surface area contributed by atoms with Gasteiger partial charge in [-0.1, -0.05) is 59.1 Å². The molecule has 0 amide bonds. The molecule has 1 heteroatoms. The lowest BCUT2D eigenvalue weighted by molar-refractivity contribution is 0.681. The highest BCUT2D eigenvalue weighted by atomic mass is 79.9. The van der Waals surface area contributed by atoms with E-state index in [4.69, 9.17) is 0 Å². The number of hydrogen-bond donors (Lipinski definition) is 0. The van der Waals surface area contributed by atoms with Crippen LogP contribution in [0.2, 0.25) is 0 Å². The van der Waals surface area contributed by atoms with Crippen LogP contribution in [0.3, 0.4) is 0 Å². The molecule has 0 saturated heterocycles. The molecule has 0 nitrogen and oxygen atoms in total. The van der Waals surface area contributed by atoms with Gasteiger partial charge >= 0.3 is 0 Å². The lowest BCUT2D eigenvalue weighted by Crippen LogP contribution is -2.01. The van der Waals surface area contributed by atoms with Crippen molar-refractivity contribution >= 4 is 15.9 Å². The van der Waals surface area contributed by atoms with E-state index in [0.717, 1.165) is 0 Å². The molecule has 0 aliphatic rings. The molecule has 1 rings (SSSR count). The highest BCUT2D eigenvalue weighted by molar-refractivity contribution is 9.09. The summed E-state index contributed by atoms with van der Waals surface area (Å²) < 4.78 is 0. The minimum atomic E-state index is 0.596. The van der Waals surface area contributed by atoms with Crippen molar-refractivity contribution in [2.75, 3.05) is 0 Å². The molecule has 0 bridgehead atoms. The third-order valence-corrected chi connectivity index (χ3v) is 2.87. The van der Waals surface area contributed by atoms with E-state index < -0.39 is 0 Å². The summed E-state index contributed by atoms with van der Waals surface area (Å²) in [6.07, 6.45) is 1.20. The Balaban J connectivity index is 2.84. The van der Waals surface area contributed by atoms with Gasteiger partial charge in [-0.2, -0.15) is 0 Å². The van der Waals surface area contributed by atoms with Crippen LogP contribution >= 0.6 is 15.9 Å². The Morgan fingerprint density at radius 1 is 1.07 bits per heavy atom. The highest BCUT2D eigenvalue weighted by Gasteiger charge is 2.09. The van der Waals surface area contributed by atoms with Crippen molar-refractivity contribution in [2.45, 2.75) is 44.9 Å². The molecule has 78 valence electrons. The van der Waals surface area contributed by atoms with Gasteiger partial charge < -0.3 is 0 Å². The van der Waals surface area contributed by atoms with Crippen LogP contribution in [0.1, 0.15) is 42.9 Å². The molecule has 0 fully saturated rings. The fourth-order valence-corrected chi connectivity index (χ4v) is 2.48. The molecule has 0 aliphatic carbocycles. The van der Waals surface area contributed by atoms with Crippen molar-refractivity contribution in [3.05, 3.63) is 34.9 Å². The fourth-order valence-electron chi connectivity index (χ4n) is 1.92. The van der Waals surface area contributed by atoms with Crippen LogP contribution in [-0.4, -0.2) is 4.83 Å². The Morgan fingerprint density at radius 2 is 1.57 bits per heavy atom. The summed E-state index contributed by atoms with van der Waals surface area (Å²) >= 11 is 3.61. The first-order chi connectivity index (χ1) is 6.49. The summed E-state index contributed by atoms with van der Waals surface area (Å²) in [7, 11) is 0. The van der Waals surface area contributed by atoms with Crippen LogP contribution in [0.4, 0.5) is 0 Å². The van der Waals surface area contributed by atoms with Gasteiger partial charge in [-0.25, -0.2) is 0 Å². The number of benzene rings is 1. The van der Waals surface area contributed by atoms with Gasteiger partial charge in [0.1, 0.15) is 0 Å². The molecule has 0 radical (unpaired) electrons. The van der Waals surface area contributed by atoms with Crippen LogP contribution in [0.5, 0.6) is 0 Å². The Hall–Kier alpha value is -0.300. The van der Waals surface area contributed by atoms with Crippen molar-refractivity contribution in [1.82, 2.24) is 0 Å². The van der Waals surface area contributed by atoms with Crippen LogP contribution in [0.25, 0.3) is 0 Å². The zero-order valence-electron chi connectivity index (χ0n) is 9.47. The van der Waals surface area contributed by atoms with Gasteiger partial charge in [0.15, 0.2) is 0 Å². The molecular weight excluding hydrogens is 236 g/mol. The summed E-state index contributed by atoms with van der Waals surface area (Å²) in [6.45, 7) is 8.84. The number of halogens is 1. The number of alkyl halides is 1. The molecular formula is C13H19Br. The van der Waals surface area contributed by atoms with Crippen molar-refractivity contribution < 1.29 is 0 Å². The third kappa shape index (κ3) is 3.45. The van der Waals surface area contributed by atoms with Gasteiger partial charge in [0.2, 0.25) is 0 Å². The zero-order valence-corrected chi connectivity index (χ0v) is 11.1. The lowest BCUT2D eigenvalue weighted by atomic mass is 9.94. The molecule has 14 heavy (non-hydrogen) atoms. The zero-order chi connectivity index (χ0) is 10.7. The molecule has 1 aromatic carbocycles. The van der Waals surface area contributed by atoms with E-state index in [1.807, 2.05) is 0 Å². The summed E-state index contributed by atoms with van der Waals surface area (Å²) in [5, 5.41) is 0. The molecule has 0 saturated carbocycles. The Labute approximate surface area is 95.9 Å². The van der Waals surface area contributed by atoms with Crippen LogP contribution in [0.15, 0.2) is 18.2 Å². The maximum atomic E-state index is 3.61. The normalized spacial score (nSPS) is 15.2.